The van der Waals surface area contributed by atoms with Crippen molar-refractivity contribution >= 4 is 28.3 Å². The van der Waals surface area contributed by atoms with Crippen LogP contribution < -0.4 is 11.1 Å². The molecule has 2 aromatic rings. The molecule has 1 amide bonds. The number of carboxylic acids is 1. The number of aromatic carboxylic acids is 1. The second kappa shape index (κ2) is 6.42. The van der Waals surface area contributed by atoms with Gasteiger partial charge in [-0.15, -0.1) is 11.3 Å². The number of anilines is 1. The van der Waals surface area contributed by atoms with E-state index in [0.717, 1.165) is 16.9 Å². The van der Waals surface area contributed by atoms with Crippen molar-refractivity contribution in [3.63, 3.8) is 0 Å². The fourth-order valence-electron chi connectivity index (χ4n) is 1.59. The topological polar surface area (TPSA) is 105 Å². The number of rotatable bonds is 5. The van der Waals surface area contributed by atoms with Crippen molar-refractivity contribution in [1.29, 1.82) is 0 Å². The summed E-state index contributed by atoms with van der Waals surface area (Å²) in [4.78, 5) is 26.3. The zero-order valence-electron chi connectivity index (χ0n) is 10.7. The van der Waals surface area contributed by atoms with Crippen LogP contribution in [0.1, 0.15) is 16.1 Å². The van der Waals surface area contributed by atoms with Crippen molar-refractivity contribution in [3.8, 4) is 0 Å². The minimum absolute atomic E-state index is 0.137. The van der Waals surface area contributed by atoms with E-state index in [-0.39, 0.29) is 23.1 Å². The summed E-state index contributed by atoms with van der Waals surface area (Å²) < 4.78 is 12.8. The van der Waals surface area contributed by atoms with Crippen molar-refractivity contribution in [1.82, 2.24) is 4.98 Å². The summed E-state index contributed by atoms with van der Waals surface area (Å²) in [5.74, 6) is -2.01. The number of benzene rings is 1. The molecule has 8 heteroatoms. The normalized spacial score (nSPS) is 11.9. The number of nitrogens with two attached hydrogens (primary N) is 1. The van der Waals surface area contributed by atoms with Crippen LogP contribution in [-0.4, -0.2) is 28.0 Å². The van der Waals surface area contributed by atoms with Crippen molar-refractivity contribution in [3.05, 3.63) is 46.7 Å². The summed E-state index contributed by atoms with van der Waals surface area (Å²) >= 11 is 1.00. The van der Waals surface area contributed by atoms with Gasteiger partial charge in [0.05, 0.1) is 6.04 Å². The number of aromatic nitrogens is 1. The van der Waals surface area contributed by atoms with E-state index in [1.807, 2.05) is 0 Å². The first-order valence-corrected chi connectivity index (χ1v) is 6.83. The number of carbonyl (C=O) groups excluding carboxylic acids is 1. The number of carbonyl (C=O) groups is 2. The Balaban J connectivity index is 1.95. The van der Waals surface area contributed by atoms with Gasteiger partial charge in [0.2, 0.25) is 5.91 Å². The average Bonchev–Trinajstić information content (AvgIpc) is 2.90. The van der Waals surface area contributed by atoms with Crippen LogP contribution in [0.5, 0.6) is 0 Å². The van der Waals surface area contributed by atoms with Gasteiger partial charge in [-0.1, -0.05) is 12.1 Å². The largest absolute Gasteiger partial charge is 0.476 e. The lowest BCUT2D eigenvalue weighted by Crippen LogP contribution is -2.37. The highest BCUT2D eigenvalue weighted by Gasteiger charge is 2.17. The lowest BCUT2D eigenvalue weighted by molar-refractivity contribution is -0.117. The van der Waals surface area contributed by atoms with Crippen LogP contribution in [0.3, 0.4) is 0 Å². The summed E-state index contributed by atoms with van der Waals surface area (Å²) in [7, 11) is 0. The maximum atomic E-state index is 12.8. The van der Waals surface area contributed by atoms with E-state index < -0.39 is 17.9 Å². The molecule has 0 fully saturated rings. The number of nitrogens with one attached hydrogen (secondary N) is 1. The molecule has 0 bridgehead atoms. The summed E-state index contributed by atoms with van der Waals surface area (Å²) in [6.07, 6.45) is 0.239. The predicted octanol–water partition coefficient (Wildman–Crippen LogP) is 1.49. The van der Waals surface area contributed by atoms with Crippen LogP contribution in [0.4, 0.5) is 9.52 Å². The zero-order valence-corrected chi connectivity index (χ0v) is 11.6. The first-order chi connectivity index (χ1) is 9.95. The second-order valence-electron chi connectivity index (χ2n) is 4.27. The molecule has 1 atom stereocenters. The van der Waals surface area contributed by atoms with E-state index in [0.29, 0.717) is 0 Å². The first-order valence-electron chi connectivity index (χ1n) is 5.95. The molecule has 4 N–H and O–H groups in total. The molecule has 1 unspecified atom stereocenters. The highest BCUT2D eigenvalue weighted by atomic mass is 32.1. The maximum Gasteiger partial charge on any atom is 0.355 e. The number of amides is 1. The summed E-state index contributed by atoms with van der Waals surface area (Å²) in [6.45, 7) is 0. The van der Waals surface area contributed by atoms with Crippen molar-refractivity contribution in [2.75, 3.05) is 5.32 Å². The smallest absolute Gasteiger partial charge is 0.355 e. The Morgan fingerprint density at radius 1 is 1.38 bits per heavy atom. The van der Waals surface area contributed by atoms with Crippen molar-refractivity contribution < 1.29 is 19.1 Å². The minimum atomic E-state index is -1.16. The third kappa shape index (κ3) is 4.07. The van der Waals surface area contributed by atoms with Crippen LogP contribution in [0.15, 0.2) is 29.6 Å². The number of hydrogen-bond donors (Lipinski definition) is 3. The van der Waals surface area contributed by atoms with E-state index in [4.69, 9.17) is 10.8 Å². The lowest BCUT2D eigenvalue weighted by atomic mass is 10.1. The molecule has 0 radical (unpaired) electrons. The van der Waals surface area contributed by atoms with Crippen LogP contribution in [0.25, 0.3) is 0 Å². The van der Waals surface area contributed by atoms with Crippen LogP contribution >= 0.6 is 11.3 Å². The highest BCUT2D eigenvalue weighted by Crippen LogP contribution is 2.15. The van der Waals surface area contributed by atoms with E-state index in [1.165, 1.54) is 17.5 Å². The van der Waals surface area contributed by atoms with Crippen molar-refractivity contribution in [2.24, 2.45) is 5.73 Å². The molecule has 0 aliphatic heterocycles. The van der Waals surface area contributed by atoms with Crippen LogP contribution in [-0.2, 0) is 11.2 Å². The molecule has 0 aliphatic rings. The third-order valence-electron chi connectivity index (χ3n) is 2.66. The molecular weight excluding hydrogens is 297 g/mol. The van der Waals surface area contributed by atoms with Crippen molar-refractivity contribution in [2.45, 2.75) is 12.5 Å². The maximum absolute atomic E-state index is 12.8. The summed E-state index contributed by atoms with van der Waals surface area (Å²) in [5, 5.41) is 12.7. The van der Waals surface area contributed by atoms with Gasteiger partial charge in [-0.3, -0.25) is 4.79 Å². The Kier molecular flexibility index (Phi) is 4.61. The molecule has 0 aliphatic carbocycles. The van der Waals surface area contributed by atoms with Gasteiger partial charge in [0.1, 0.15) is 5.82 Å². The van der Waals surface area contributed by atoms with Gasteiger partial charge in [0, 0.05) is 5.38 Å². The lowest BCUT2D eigenvalue weighted by Gasteiger charge is -2.10. The summed E-state index contributed by atoms with van der Waals surface area (Å²) in [5.41, 5.74) is 6.35. The number of hydrogen-bond acceptors (Lipinski definition) is 5. The fraction of sp³-hybridized carbons (Fsp3) is 0.154. The van der Waals surface area contributed by atoms with E-state index in [2.05, 4.69) is 10.3 Å². The number of halogens is 1. The Morgan fingerprint density at radius 3 is 2.62 bits per heavy atom. The van der Waals surface area contributed by atoms with Gasteiger partial charge >= 0.3 is 5.97 Å². The molecule has 1 aromatic heterocycles. The Bertz CT molecular complexity index is 657. The molecule has 21 heavy (non-hydrogen) atoms. The van der Waals surface area contributed by atoms with E-state index >= 15 is 0 Å². The molecule has 0 spiro atoms. The molecule has 110 valence electrons. The third-order valence-corrected chi connectivity index (χ3v) is 3.42. The van der Waals surface area contributed by atoms with Gasteiger partial charge < -0.3 is 16.2 Å². The molecular formula is C13H12FN3O3S. The Morgan fingerprint density at radius 2 is 2.05 bits per heavy atom. The molecule has 1 aromatic carbocycles. The molecule has 0 saturated heterocycles. The fourth-order valence-corrected chi connectivity index (χ4v) is 2.28. The van der Waals surface area contributed by atoms with Gasteiger partial charge in [-0.2, -0.15) is 0 Å². The molecule has 0 saturated carbocycles. The predicted molar refractivity (Wildman–Crippen MR) is 75.8 cm³/mol. The first kappa shape index (κ1) is 15.1. The molecule has 2 rings (SSSR count). The Labute approximate surface area is 123 Å². The zero-order chi connectivity index (χ0) is 15.4. The summed E-state index contributed by atoms with van der Waals surface area (Å²) in [6, 6.07) is 4.84. The Hall–Kier alpha value is -2.32. The SMILES string of the molecule is NC(Cc1ccc(F)cc1)C(=O)Nc1nc(C(=O)O)cs1. The monoisotopic (exact) mass is 309 g/mol. The highest BCUT2D eigenvalue weighted by molar-refractivity contribution is 7.14. The van der Waals surface area contributed by atoms with E-state index in [1.54, 1.807) is 12.1 Å². The molecule has 6 nitrogen and oxygen atoms in total. The van der Waals surface area contributed by atoms with Crippen LogP contribution in [0.2, 0.25) is 0 Å². The van der Waals surface area contributed by atoms with Crippen LogP contribution in [0, 0.1) is 5.82 Å². The van der Waals surface area contributed by atoms with Gasteiger partial charge in [-0.25, -0.2) is 14.2 Å². The average molecular weight is 309 g/mol. The minimum Gasteiger partial charge on any atom is -0.476 e. The number of carboxylic acid groups (broad SMARTS) is 1. The standard InChI is InChI=1S/C13H12FN3O3S/c14-8-3-1-7(2-4-8)5-9(15)11(18)17-13-16-10(6-21-13)12(19)20/h1-4,6,9H,5,15H2,(H,19,20)(H,16,17,18). The number of nitrogens with zero attached hydrogens (tertiary/aromatic N) is 1. The quantitative estimate of drug-likeness (QED) is 0.776. The van der Waals surface area contributed by atoms with E-state index in [9.17, 15) is 14.0 Å². The molecule has 1 heterocycles. The number of thiazole rings is 1. The van der Waals surface area contributed by atoms with Gasteiger partial charge in [0.15, 0.2) is 10.8 Å². The second-order valence-corrected chi connectivity index (χ2v) is 5.13. The van der Waals surface area contributed by atoms with Gasteiger partial charge in [0.25, 0.3) is 0 Å². The van der Waals surface area contributed by atoms with Gasteiger partial charge in [-0.05, 0) is 24.1 Å².